The minimum Gasteiger partial charge on any atom is -0.478 e. The maximum atomic E-state index is 12.8. The number of rotatable bonds is 2. The quantitative estimate of drug-likeness (QED) is 0.667. The second-order valence-electron chi connectivity index (χ2n) is 1.85. The summed E-state index contributed by atoms with van der Waals surface area (Å²) in [4.78, 5) is 0. The predicted molar refractivity (Wildman–Crippen MR) is 35.1 cm³/mol. The topological polar surface area (TPSA) is 44.2 Å². The highest BCUT2D eigenvalue weighted by molar-refractivity contribution is 5.20. The molecule has 0 fully saturated rings. The van der Waals surface area contributed by atoms with E-state index in [9.17, 15) is 8.78 Å². The first-order valence-corrected chi connectivity index (χ1v) is 3.00. The van der Waals surface area contributed by atoms with Gasteiger partial charge in [0.15, 0.2) is 0 Å². The molecule has 0 bridgehead atoms. The highest BCUT2D eigenvalue weighted by Gasteiger charge is 2.17. The van der Waals surface area contributed by atoms with Gasteiger partial charge in [-0.15, -0.1) is 10.2 Å². The Morgan fingerprint density at radius 3 is 1.50 bits per heavy atom. The normalized spacial score (nSPS) is 9.67. The van der Waals surface area contributed by atoms with Gasteiger partial charge in [0, 0.05) is 0 Å². The molecule has 0 aliphatic heterocycles. The Hall–Kier alpha value is -1.46. The molecule has 6 heteroatoms. The first-order valence-electron chi connectivity index (χ1n) is 3.00. The van der Waals surface area contributed by atoms with Gasteiger partial charge in [0.1, 0.15) is 0 Å². The molecule has 0 saturated heterocycles. The number of hydrogen-bond donors (Lipinski definition) is 0. The van der Waals surface area contributed by atoms with Gasteiger partial charge in [-0.1, -0.05) is 0 Å². The molecular formula is C6H6F2N2O2. The molecule has 1 aromatic heterocycles. The summed E-state index contributed by atoms with van der Waals surface area (Å²) in [5.74, 6) is -3.39. The molecule has 0 atom stereocenters. The van der Waals surface area contributed by atoms with Gasteiger partial charge in [0.25, 0.3) is 11.8 Å². The van der Waals surface area contributed by atoms with Gasteiger partial charge in [-0.3, -0.25) is 0 Å². The van der Waals surface area contributed by atoms with Gasteiger partial charge in [-0.05, 0) is 0 Å². The maximum Gasteiger partial charge on any atom is 0.273 e. The van der Waals surface area contributed by atoms with E-state index in [1.54, 1.807) is 0 Å². The van der Waals surface area contributed by atoms with Crippen molar-refractivity contribution in [3.8, 4) is 11.8 Å². The Bertz CT molecular complexity index is 264. The predicted octanol–water partition coefficient (Wildman–Crippen LogP) is 0.772. The molecule has 0 unspecified atom stereocenters. The Morgan fingerprint density at radius 2 is 1.25 bits per heavy atom. The summed E-state index contributed by atoms with van der Waals surface area (Å²) in [5.41, 5.74) is 0. The molecule has 1 rings (SSSR count). The summed E-state index contributed by atoms with van der Waals surface area (Å²) in [6.07, 6.45) is 0. The summed E-state index contributed by atoms with van der Waals surface area (Å²) in [7, 11) is 2.33. The number of halogens is 2. The molecule has 12 heavy (non-hydrogen) atoms. The zero-order valence-electron chi connectivity index (χ0n) is 6.47. The largest absolute Gasteiger partial charge is 0.478 e. The van der Waals surface area contributed by atoms with Crippen molar-refractivity contribution < 1.29 is 18.3 Å². The molecule has 4 nitrogen and oxygen atoms in total. The van der Waals surface area contributed by atoms with Crippen LogP contribution in [-0.4, -0.2) is 24.4 Å². The summed E-state index contributed by atoms with van der Waals surface area (Å²) >= 11 is 0. The smallest absolute Gasteiger partial charge is 0.273 e. The van der Waals surface area contributed by atoms with Gasteiger partial charge < -0.3 is 9.47 Å². The lowest BCUT2D eigenvalue weighted by Gasteiger charge is -2.02. The molecule has 0 spiro atoms. The third-order valence-electron chi connectivity index (χ3n) is 1.19. The Labute approximate surface area is 67.1 Å². The van der Waals surface area contributed by atoms with E-state index >= 15 is 0 Å². The number of nitrogens with zero attached hydrogens (tertiary/aromatic N) is 2. The Morgan fingerprint density at radius 1 is 0.917 bits per heavy atom. The molecule has 0 radical (unpaired) electrons. The highest BCUT2D eigenvalue weighted by Crippen LogP contribution is 2.21. The van der Waals surface area contributed by atoms with Gasteiger partial charge in [-0.25, -0.2) is 0 Å². The first kappa shape index (κ1) is 8.63. The van der Waals surface area contributed by atoms with Gasteiger partial charge in [0.05, 0.1) is 14.2 Å². The van der Waals surface area contributed by atoms with E-state index in [0.717, 1.165) is 0 Å². The van der Waals surface area contributed by atoms with Crippen molar-refractivity contribution in [1.29, 1.82) is 0 Å². The van der Waals surface area contributed by atoms with Crippen LogP contribution >= 0.6 is 0 Å². The van der Waals surface area contributed by atoms with Crippen LogP contribution in [0, 0.1) is 11.6 Å². The van der Waals surface area contributed by atoms with E-state index in [1.165, 1.54) is 14.2 Å². The van der Waals surface area contributed by atoms with Crippen LogP contribution in [0.2, 0.25) is 0 Å². The van der Waals surface area contributed by atoms with Crippen LogP contribution in [0.1, 0.15) is 0 Å². The maximum absolute atomic E-state index is 12.8. The fraction of sp³-hybridized carbons (Fsp3) is 0.333. The number of hydrogen-bond acceptors (Lipinski definition) is 4. The lowest BCUT2D eigenvalue weighted by atomic mass is 10.5. The van der Waals surface area contributed by atoms with Crippen LogP contribution < -0.4 is 9.47 Å². The average molecular weight is 176 g/mol. The van der Waals surface area contributed by atoms with E-state index in [-0.39, 0.29) is 0 Å². The molecule has 0 aliphatic rings. The van der Waals surface area contributed by atoms with Crippen LogP contribution in [-0.2, 0) is 0 Å². The van der Waals surface area contributed by atoms with Crippen LogP contribution in [0.15, 0.2) is 0 Å². The van der Waals surface area contributed by atoms with Gasteiger partial charge >= 0.3 is 0 Å². The SMILES string of the molecule is COc1nnc(OC)c(F)c1F. The Balaban J connectivity index is 3.20. The fourth-order valence-electron chi connectivity index (χ4n) is 0.627. The standard InChI is InChI=1S/C6H6F2N2O2/c1-11-5-3(7)4(8)6(12-2)10-9-5/h1-2H3. The summed E-state index contributed by atoms with van der Waals surface area (Å²) in [5, 5.41) is 6.43. The van der Waals surface area contributed by atoms with Gasteiger partial charge in [0.2, 0.25) is 11.6 Å². The van der Waals surface area contributed by atoms with Gasteiger partial charge in [-0.2, -0.15) is 8.78 Å². The summed E-state index contributed by atoms with van der Waals surface area (Å²) in [6.45, 7) is 0. The number of ether oxygens (including phenoxy) is 2. The molecule has 0 N–H and O–H groups in total. The average Bonchev–Trinajstić information content (AvgIpc) is 2.10. The number of aromatic nitrogens is 2. The van der Waals surface area contributed by atoms with Crippen LogP contribution in [0.3, 0.4) is 0 Å². The minimum absolute atomic E-state index is 0.492. The van der Waals surface area contributed by atoms with Crippen molar-refractivity contribution in [1.82, 2.24) is 10.2 Å². The third-order valence-corrected chi connectivity index (χ3v) is 1.19. The van der Waals surface area contributed by atoms with Crippen molar-refractivity contribution in [2.24, 2.45) is 0 Å². The molecule has 1 aromatic rings. The summed E-state index contributed by atoms with van der Waals surface area (Å²) in [6, 6.07) is 0. The van der Waals surface area contributed by atoms with Crippen molar-refractivity contribution >= 4 is 0 Å². The molecule has 0 aromatic carbocycles. The molecule has 66 valence electrons. The van der Waals surface area contributed by atoms with E-state index < -0.39 is 23.4 Å². The molecule has 1 heterocycles. The molecule has 0 saturated carbocycles. The second-order valence-corrected chi connectivity index (χ2v) is 1.85. The fourth-order valence-corrected chi connectivity index (χ4v) is 0.627. The Kier molecular flexibility index (Phi) is 2.37. The lowest BCUT2D eigenvalue weighted by Crippen LogP contribution is -2.02. The van der Waals surface area contributed by atoms with Crippen molar-refractivity contribution in [2.45, 2.75) is 0 Å². The second kappa shape index (κ2) is 3.29. The monoisotopic (exact) mass is 176 g/mol. The molecular weight excluding hydrogens is 170 g/mol. The van der Waals surface area contributed by atoms with Crippen LogP contribution in [0.25, 0.3) is 0 Å². The zero-order valence-corrected chi connectivity index (χ0v) is 6.47. The van der Waals surface area contributed by atoms with Crippen molar-refractivity contribution in [3.63, 3.8) is 0 Å². The lowest BCUT2D eigenvalue weighted by molar-refractivity contribution is 0.311. The van der Waals surface area contributed by atoms with E-state index in [1.807, 2.05) is 0 Å². The molecule has 0 amide bonds. The van der Waals surface area contributed by atoms with Crippen molar-refractivity contribution in [3.05, 3.63) is 11.6 Å². The van der Waals surface area contributed by atoms with Crippen molar-refractivity contribution in [2.75, 3.05) is 14.2 Å². The van der Waals surface area contributed by atoms with E-state index in [2.05, 4.69) is 19.7 Å². The van der Waals surface area contributed by atoms with Crippen LogP contribution in [0.5, 0.6) is 11.8 Å². The minimum atomic E-state index is -1.20. The molecule has 0 aliphatic carbocycles. The van der Waals surface area contributed by atoms with Crippen LogP contribution in [0.4, 0.5) is 8.78 Å². The highest BCUT2D eigenvalue weighted by atomic mass is 19.2. The number of methoxy groups -OCH3 is 2. The zero-order chi connectivity index (χ0) is 9.14. The third kappa shape index (κ3) is 1.27. The summed E-state index contributed by atoms with van der Waals surface area (Å²) < 4.78 is 34.3. The first-order chi connectivity index (χ1) is 5.70. The van der Waals surface area contributed by atoms with E-state index in [4.69, 9.17) is 0 Å². The van der Waals surface area contributed by atoms with E-state index in [0.29, 0.717) is 0 Å².